The van der Waals surface area contributed by atoms with Gasteiger partial charge >= 0.3 is 0 Å². The number of pyridine rings is 1. The number of aromatic nitrogens is 1. The number of nitrogens with one attached hydrogen (secondary N) is 1. The predicted molar refractivity (Wildman–Crippen MR) is 54.9 cm³/mol. The molecule has 5 nitrogen and oxygen atoms in total. The highest BCUT2D eigenvalue weighted by Gasteiger charge is 2.14. The maximum absolute atomic E-state index is 5.24. The number of rotatable bonds is 3. The van der Waals surface area contributed by atoms with Gasteiger partial charge in [-0.05, 0) is 24.6 Å². The van der Waals surface area contributed by atoms with Gasteiger partial charge in [0.15, 0.2) is 5.76 Å². The highest BCUT2D eigenvalue weighted by atomic mass is 16.7. The van der Waals surface area contributed by atoms with E-state index in [1.54, 1.807) is 6.20 Å². The summed E-state index contributed by atoms with van der Waals surface area (Å²) in [4.78, 5) is 14.0. The Balaban J connectivity index is 2.13. The Morgan fingerprint density at radius 2 is 2.47 bits per heavy atom. The molecule has 0 fully saturated rings. The van der Waals surface area contributed by atoms with Gasteiger partial charge in [0, 0.05) is 6.20 Å². The third kappa shape index (κ3) is 2.33. The third-order valence-corrected chi connectivity index (χ3v) is 2.08. The van der Waals surface area contributed by atoms with Crippen molar-refractivity contribution in [2.75, 3.05) is 0 Å². The smallest absolute Gasteiger partial charge is 0.170 e. The number of hydroxylamine groups is 1. The van der Waals surface area contributed by atoms with Gasteiger partial charge in [-0.15, -0.1) is 5.48 Å². The van der Waals surface area contributed by atoms with E-state index in [1.165, 1.54) is 0 Å². The third-order valence-electron chi connectivity index (χ3n) is 2.08. The molecule has 3 N–H and O–H groups in total. The van der Waals surface area contributed by atoms with E-state index in [2.05, 4.69) is 15.3 Å². The van der Waals surface area contributed by atoms with Crippen molar-refractivity contribution in [3.05, 3.63) is 35.7 Å². The topological polar surface area (TPSA) is 69.4 Å². The van der Waals surface area contributed by atoms with Crippen molar-refractivity contribution in [1.29, 1.82) is 0 Å². The molecule has 0 bridgehead atoms. The molecule has 1 unspecified atom stereocenters. The summed E-state index contributed by atoms with van der Waals surface area (Å²) in [7, 11) is 0. The van der Waals surface area contributed by atoms with Crippen molar-refractivity contribution in [1.82, 2.24) is 10.5 Å². The molecule has 1 aromatic heterocycles. The summed E-state index contributed by atoms with van der Waals surface area (Å²) in [6, 6.07) is 4.00. The van der Waals surface area contributed by atoms with Gasteiger partial charge in [0.25, 0.3) is 0 Å². The number of nitrogens with two attached hydrogens (primary N) is 1. The summed E-state index contributed by atoms with van der Waals surface area (Å²) in [5, 5.41) is 0. The lowest BCUT2D eigenvalue weighted by Gasteiger charge is -2.03. The van der Waals surface area contributed by atoms with Crippen molar-refractivity contribution < 1.29 is 9.68 Å². The minimum absolute atomic E-state index is 0.217. The maximum atomic E-state index is 5.24. The monoisotopic (exact) mass is 207 g/mol. The van der Waals surface area contributed by atoms with Gasteiger partial charge in [-0.1, -0.05) is 6.07 Å². The fraction of sp³-hybridized carbons (Fsp3) is 0.300. The first-order chi connectivity index (χ1) is 7.29. The standard InChI is InChI=1S/C10H13N3O2/c1-7-4-10(15-13-7)9-3-2-8(5-12-9)6-14-11/h2-5,7,13H,6,11H2,1H3. The highest BCUT2D eigenvalue weighted by Crippen LogP contribution is 2.18. The zero-order chi connectivity index (χ0) is 10.7. The fourth-order valence-corrected chi connectivity index (χ4v) is 1.34. The van der Waals surface area contributed by atoms with Gasteiger partial charge in [0.2, 0.25) is 0 Å². The molecule has 0 spiro atoms. The SMILES string of the molecule is CC1C=C(c2ccc(CON)cn2)ON1. The van der Waals surface area contributed by atoms with Crippen LogP contribution in [0, 0.1) is 0 Å². The second-order valence-corrected chi connectivity index (χ2v) is 3.40. The molecule has 5 heteroatoms. The lowest BCUT2D eigenvalue weighted by Crippen LogP contribution is -2.15. The van der Waals surface area contributed by atoms with Crippen molar-refractivity contribution in [2.45, 2.75) is 19.6 Å². The normalized spacial score (nSPS) is 19.9. The summed E-state index contributed by atoms with van der Waals surface area (Å²) >= 11 is 0. The molecule has 80 valence electrons. The Morgan fingerprint density at radius 1 is 1.60 bits per heavy atom. The number of hydrogen-bond donors (Lipinski definition) is 2. The summed E-state index contributed by atoms with van der Waals surface area (Å²) in [5.41, 5.74) is 4.56. The van der Waals surface area contributed by atoms with Crippen LogP contribution in [0.4, 0.5) is 0 Å². The molecular formula is C10H13N3O2. The molecule has 2 heterocycles. The van der Waals surface area contributed by atoms with Crippen LogP contribution in [0.3, 0.4) is 0 Å². The average Bonchev–Trinajstić information content (AvgIpc) is 2.67. The Labute approximate surface area is 87.8 Å². The lowest BCUT2D eigenvalue weighted by molar-refractivity contribution is 0.124. The maximum Gasteiger partial charge on any atom is 0.170 e. The molecule has 0 amide bonds. The molecule has 2 rings (SSSR count). The van der Waals surface area contributed by atoms with E-state index in [-0.39, 0.29) is 6.04 Å². The highest BCUT2D eigenvalue weighted by molar-refractivity contribution is 5.58. The summed E-state index contributed by atoms with van der Waals surface area (Å²) in [6.07, 6.45) is 3.69. The van der Waals surface area contributed by atoms with Crippen LogP contribution >= 0.6 is 0 Å². The minimum Gasteiger partial charge on any atom is -0.406 e. The summed E-state index contributed by atoms with van der Waals surface area (Å²) in [5.74, 6) is 5.72. The Hall–Kier alpha value is -1.43. The summed E-state index contributed by atoms with van der Waals surface area (Å²) < 4.78 is 0. The van der Waals surface area contributed by atoms with Crippen molar-refractivity contribution in [3.8, 4) is 0 Å². The van der Waals surface area contributed by atoms with E-state index < -0.39 is 0 Å². The van der Waals surface area contributed by atoms with Gasteiger partial charge < -0.3 is 4.84 Å². The predicted octanol–water partition coefficient (Wildman–Crippen LogP) is 0.736. The Kier molecular flexibility index (Phi) is 2.96. The Bertz CT molecular complexity index is 361. The van der Waals surface area contributed by atoms with Crippen LogP contribution in [0.15, 0.2) is 24.4 Å². The van der Waals surface area contributed by atoms with Crippen LogP contribution in [0.1, 0.15) is 18.2 Å². The van der Waals surface area contributed by atoms with E-state index in [4.69, 9.17) is 10.7 Å². The van der Waals surface area contributed by atoms with E-state index in [1.807, 2.05) is 25.1 Å². The molecule has 1 atom stereocenters. The van der Waals surface area contributed by atoms with E-state index >= 15 is 0 Å². The van der Waals surface area contributed by atoms with Gasteiger partial charge in [-0.3, -0.25) is 9.82 Å². The average molecular weight is 207 g/mol. The Morgan fingerprint density at radius 3 is 3.00 bits per heavy atom. The second kappa shape index (κ2) is 4.39. The molecule has 0 radical (unpaired) electrons. The van der Waals surface area contributed by atoms with Crippen molar-refractivity contribution >= 4 is 5.76 Å². The van der Waals surface area contributed by atoms with Crippen LogP contribution in [0.2, 0.25) is 0 Å². The zero-order valence-electron chi connectivity index (χ0n) is 8.43. The van der Waals surface area contributed by atoms with E-state index in [9.17, 15) is 0 Å². The van der Waals surface area contributed by atoms with Crippen LogP contribution < -0.4 is 11.4 Å². The molecule has 0 aromatic carbocycles. The largest absolute Gasteiger partial charge is 0.406 e. The molecule has 1 aromatic rings. The van der Waals surface area contributed by atoms with Crippen LogP contribution in [0.25, 0.3) is 5.76 Å². The summed E-state index contributed by atoms with van der Waals surface area (Å²) in [6.45, 7) is 2.37. The first-order valence-corrected chi connectivity index (χ1v) is 4.71. The van der Waals surface area contributed by atoms with Gasteiger partial charge in [-0.2, -0.15) is 0 Å². The molecule has 1 aliphatic rings. The zero-order valence-corrected chi connectivity index (χ0v) is 8.43. The van der Waals surface area contributed by atoms with Crippen LogP contribution in [-0.2, 0) is 16.3 Å². The second-order valence-electron chi connectivity index (χ2n) is 3.40. The van der Waals surface area contributed by atoms with Gasteiger partial charge in [0.05, 0.1) is 12.6 Å². The fourth-order valence-electron chi connectivity index (χ4n) is 1.34. The number of nitrogens with zero attached hydrogens (tertiary/aromatic N) is 1. The molecule has 1 aliphatic heterocycles. The quantitative estimate of drug-likeness (QED) is 0.715. The van der Waals surface area contributed by atoms with Gasteiger partial charge in [0.1, 0.15) is 5.69 Å². The first-order valence-electron chi connectivity index (χ1n) is 4.71. The molecule has 0 saturated carbocycles. The molecule has 0 saturated heterocycles. The lowest BCUT2D eigenvalue weighted by atomic mass is 10.2. The van der Waals surface area contributed by atoms with Crippen molar-refractivity contribution in [3.63, 3.8) is 0 Å². The molecule has 0 aliphatic carbocycles. The minimum atomic E-state index is 0.217. The van der Waals surface area contributed by atoms with Gasteiger partial charge in [-0.25, -0.2) is 5.90 Å². The van der Waals surface area contributed by atoms with Crippen LogP contribution in [-0.4, -0.2) is 11.0 Å². The molecule has 15 heavy (non-hydrogen) atoms. The molecular weight excluding hydrogens is 194 g/mol. The van der Waals surface area contributed by atoms with E-state index in [0.29, 0.717) is 6.61 Å². The first kappa shape index (κ1) is 10.1. The van der Waals surface area contributed by atoms with Crippen LogP contribution in [0.5, 0.6) is 0 Å². The van der Waals surface area contributed by atoms with E-state index in [0.717, 1.165) is 17.0 Å². The van der Waals surface area contributed by atoms with Crippen molar-refractivity contribution in [2.24, 2.45) is 5.90 Å². The number of hydrogen-bond acceptors (Lipinski definition) is 5.